The predicted molar refractivity (Wildman–Crippen MR) is 142 cm³/mol. The number of rotatable bonds is 5. The second-order valence-electron chi connectivity index (χ2n) is 9.13. The third kappa shape index (κ3) is 4.02. The number of pyridine rings is 1. The van der Waals surface area contributed by atoms with E-state index in [-0.39, 0.29) is 17.2 Å². The first-order chi connectivity index (χ1) is 17.3. The molecule has 0 amide bonds. The van der Waals surface area contributed by atoms with E-state index >= 15 is 0 Å². The standard InChI is InChI=1S/C29H27N3O4/c1-15-11-21(18(4)32-24-7-6-10-30-25(24)29(34)35-5)28-22(12-15)26(33)17(3)27(36-28)19-8-9-23-20(14-19)13-16(2)31-23/h6-14,18,31-32H,1-5H3. The summed E-state index contributed by atoms with van der Waals surface area (Å²) in [5.41, 5.74) is 6.42. The number of carbonyl (C=O) groups is 1. The number of aromatic nitrogens is 2. The van der Waals surface area contributed by atoms with Crippen molar-refractivity contribution >= 4 is 33.5 Å². The van der Waals surface area contributed by atoms with Crippen LogP contribution in [0.2, 0.25) is 0 Å². The number of hydrogen-bond donors (Lipinski definition) is 2. The molecule has 0 fully saturated rings. The second-order valence-corrected chi connectivity index (χ2v) is 9.13. The fraction of sp³-hybridized carbons (Fsp3) is 0.207. The Kier molecular flexibility index (Phi) is 5.84. The normalized spacial score (nSPS) is 12.1. The van der Waals surface area contributed by atoms with Gasteiger partial charge in [0, 0.05) is 39.5 Å². The quantitative estimate of drug-likeness (QED) is 0.289. The van der Waals surface area contributed by atoms with Crippen LogP contribution in [0.25, 0.3) is 33.2 Å². The maximum atomic E-state index is 13.5. The van der Waals surface area contributed by atoms with Crippen molar-refractivity contribution in [2.24, 2.45) is 0 Å². The molecule has 0 aliphatic carbocycles. The topological polar surface area (TPSA) is 97.2 Å². The molecule has 2 aromatic carbocycles. The number of carbonyl (C=O) groups excluding carboxylic acids is 1. The summed E-state index contributed by atoms with van der Waals surface area (Å²) in [6.07, 6.45) is 1.54. The van der Waals surface area contributed by atoms with Gasteiger partial charge in [-0.2, -0.15) is 0 Å². The number of aryl methyl sites for hydroxylation is 2. The summed E-state index contributed by atoms with van der Waals surface area (Å²) in [4.78, 5) is 33.2. The Morgan fingerprint density at radius 3 is 2.69 bits per heavy atom. The zero-order chi connectivity index (χ0) is 25.6. The SMILES string of the molecule is COC(=O)c1ncccc1NC(C)c1cc(C)cc2c(=O)c(C)c(-c3ccc4[nH]c(C)cc4c3)oc12. The zero-order valence-corrected chi connectivity index (χ0v) is 20.9. The van der Waals surface area contributed by atoms with Crippen LogP contribution in [0.1, 0.15) is 45.8 Å². The first kappa shape index (κ1) is 23.4. The van der Waals surface area contributed by atoms with Crippen LogP contribution in [0.3, 0.4) is 0 Å². The average molecular weight is 482 g/mol. The highest BCUT2D eigenvalue weighted by Gasteiger charge is 2.21. The third-order valence-corrected chi connectivity index (χ3v) is 6.43. The lowest BCUT2D eigenvalue weighted by atomic mass is 9.98. The van der Waals surface area contributed by atoms with Crippen molar-refractivity contribution in [1.82, 2.24) is 9.97 Å². The molecule has 1 atom stereocenters. The highest BCUT2D eigenvalue weighted by Crippen LogP contribution is 2.33. The number of benzene rings is 2. The number of H-pyrrole nitrogens is 1. The van der Waals surface area contributed by atoms with Crippen molar-refractivity contribution < 1.29 is 13.9 Å². The molecule has 0 bridgehead atoms. The molecule has 7 heteroatoms. The molecule has 1 unspecified atom stereocenters. The van der Waals surface area contributed by atoms with Gasteiger partial charge in [-0.1, -0.05) is 6.07 Å². The zero-order valence-electron chi connectivity index (χ0n) is 20.9. The predicted octanol–water partition coefficient (Wildman–Crippen LogP) is 6.22. The fourth-order valence-electron chi connectivity index (χ4n) is 4.68. The van der Waals surface area contributed by atoms with Crippen molar-refractivity contribution in [3.05, 3.63) is 93.0 Å². The van der Waals surface area contributed by atoms with Gasteiger partial charge >= 0.3 is 5.97 Å². The molecule has 36 heavy (non-hydrogen) atoms. The number of hydrogen-bond acceptors (Lipinski definition) is 6. The van der Waals surface area contributed by atoms with Crippen LogP contribution in [0, 0.1) is 20.8 Å². The van der Waals surface area contributed by atoms with Gasteiger partial charge in [-0.25, -0.2) is 9.78 Å². The van der Waals surface area contributed by atoms with Gasteiger partial charge in [-0.3, -0.25) is 4.79 Å². The van der Waals surface area contributed by atoms with E-state index in [1.54, 1.807) is 25.3 Å². The Hall–Kier alpha value is -4.39. The largest absolute Gasteiger partial charge is 0.464 e. The highest BCUT2D eigenvalue weighted by molar-refractivity contribution is 5.93. The molecule has 3 aromatic heterocycles. The molecule has 0 spiro atoms. The monoisotopic (exact) mass is 481 g/mol. The minimum absolute atomic E-state index is 0.0645. The number of ether oxygens (including phenoxy) is 1. The van der Waals surface area contributed by atoms with Gasteiger partial charge in [0.2, 0.25) is 0 Å². The Morgan fingerprint density at radius 1 is 1.11 bits per heavy atom. The number of aromatic amines is 1. The van der Waals surface area contributed by atoms with E-state index < -0.39 is 5.97 Å². The summed E-state index contributed by atoms with van der Waals surface area (Å²) in [5, 5.41) is 4.93. The number of esters is 1. The number of nitrogens with zero attached hydrogens (tertiary/aromatic N) is 1. The Bertz CT molecular complexity index is 1700. The smallest absolute Gasteiger partial charge is 0.358 e. The molecule has 7 nitrogen and oxygen atoms in total. The molecule has 0 radical (unpaired) electrons. The first-order valence-electron chi connectivity index (χ1n) is 11.7. The molecular formula is C29H27N3O4. The molecule has 0 saturated carbocycles. The second kappa shape index (κ2) is 9.00. The minimum Gasteiger partial charge on any atom is -0.464 e. The van der Waals surface area contributed by atoms with Gasteiger partial charge in [-0.05, 0) is 75.7 Å². The lowest BCUT2D eigenvalue weighted by Gasteiger charge is -2.19. The van der Waals surface area contributed by atoms with Crippen molar-refractivity contribution in [3.8, 4) is 11.3 Å². The average Bonchev–Trinajstić information content (AvgIpc) is 3.25. The van der Waals surface area contributed by atoms with Crippen LogP contribution < -0.4 is 10.7 Å². The third-order valence-electron chi connectivity index (χ3n) is 6.43. The first-order valence-corrected chi connectivity index (χ1v) is 11.7. The maximum Gasteiger partial charge on any atom is 0.358 e. The molecule has 3 heterocycles. The van der Waals surface area contributed by atoms with E-state index in [2.05, 4.69) is 21.4 Å². The fourth-order valence-corrected chi connectivity index (χ4v) is 4.68. The molecule has 0 aliphatic heterocycles. The van der Waals surface area contributed by atoms with Crippen LogP contribution in [-0.2, 0) is 4.74 Å². The van der Waals surface area contributed by atoms with E-state index in [0.29, 0.717) is 28.0 Å². The molecule has 5 rings (SSSR count). The van der Waals surface area contributed by atoms with Crippen LogP contribution >= 0.6 is 0 Å². The Morgan fingerprint density at radius 2 is 1.92 bits per heavy atom. The minimum atomic E-state index is -0.528. The lowest BCUT2D eigenvalue weighted by molar-refractivity contribution is 0.0595. The van der Waals surface area contributed by atoms with Crippen molar-refractivity contribution in [2.75, 3.05) is 12.4 Å². The maximum absolute atomic E-state index is 13.5. The van der Waals surface area contributed by atoms with Crippen LogP contribution in [0.15, 0.2) is 63.9 Å². The molecule has 5 aromatic rings. The summed E-state index contributed by atoms with van der Waals surface area (Å²) in [6.45, 7) is 7.72. The molecule has 182 valence electrons. The van der Waals surface area contributed by atoms with E-state index in [1.165, 1.54) is 7.11 Å². The molecule has 0 aliphatic rings. The van der Waals surface area contributed by atoms with Gasteiger partial charge in [0.05, 0.1) is 24.2 Å². The Balaban J connectivity index is 1.66. The summed E-state index contributed by atoms with van der Waals surface area (Å²) in [6, 6.07) is 15.1. The molecule has 2 N–H and O–H groups in total. The number of methoxy groups -OCH3 is 1. The van der Waals surface area contributed by atoms with Crippen LogP contribution in [-0.4, -0.2) is 23.0 Å². The summed E-state index contributed by atoms with van der Waals surface area (Å²) < 4.78 is 11.4. The van der Waals surface area contributed by atoms with E-state index in [9.17, 15) is 9.59 Å². The lowest BCUT2D eigenvalue weighted by Crippen LogP contribution is -2.15. The van der Waals surface area contributed by atoms with E-state index in [0.717, 1.165) is 33.3 Å². The number of nitrogens with one attached hydrogen (secondary N) is 2. The number of anilines is 1. The van der Waals surface area contributed by atoms with Crippen molar-refractivity contribution in [3.63, 3.8) is 0 Å². The van der Waals surface area contributed by atoms with Gasteiger partial charge in [0.25, 0.3) is 0 Å². The van der Waals surface area contributed by atoms with E-state index in [4.69, 9.17) is 9.15 Å². The Labute approximate surface area is 208 Å². The molecular weight excluding hydrogens is 454 g/mol. The number of fused-ring (bicyclic) bond motifs is 2. The van der Waals surface area contributed by atoms with Crippen LogP contribution in [0.4, 0.5) is 5.69 Å². The van der Waals surface area contributed by atoms with Gasteiger partial charge in [-0.15, -0.1) is 0 Å². The van der Waals surface area contributed by atoms with Crippen LogP contribution in [0.5, 0.6) is 0 Å². The highest BCUT2D eigenvalue weighted by atomic mass is 16.5. The summed E-state index contributed by atoms with van der Waals surface area (Å²) in [7, 11) is 1.32. The van der Waals surface area contributed by atoms with E-state index in [1.807, 2.05) is 51.1 Å². The molecule has 0 saturated heterocycles. The van der Waals surface area contributed by atoms with Crippen molar-refractivity contribution in [1.29, 1.82) is 0 Å². The van der Waals surface area contributed by atoms with Gasteiger partial charge in [0.15, 0.2) is 11.1 Å². The van der Waals surface area contributed by atoms with Crippen molar-refractivity contribution in [2.45, 2.75) is 33.7 Å². The summed E-state index contributed by atoms with van der Waals surface area (Å²) in [5.74, 6) is 0.0152. The van der Waals surface area contributed by atoms with Gasteiger partial charge in [0.1, 0.15) is 11.3 Å². The summed E-state index contributed by atoms with van der Waals surface area (Å²) >= 11 is 0. The van der Waals surface area contributed by atoms with Gasteiger partial charge < -0.3 is 19.5 Å².